The summed E-state index contributed by atoms with van der Waals surface area (Å²) >= 11 is 0. The van der Waals surface area contributed by atoms with Crippen molar-refractivity contribution in [3.8, 4) is 0 Å². The molecule has 1 aromatic rings. The SMILES string of the molecule is CCN(CC(=O)N(C)C)c1ccc(C)cc1CNC. The van der Waals surface area contributed by atoms with E-state index in [1.54, 1.807) is 19.0 Å². The number of nitrogens with one attached hydrogen (secondary N) is 1. The summed E-state index contributed by atoms with van der Waals surface area (Å²) < 4.78 is 0. The molecule has 0 radical (unpaired) electrons. The lowest BCUT2D eigenvalue weighted by atomic mass is 10.1. The second kappa shape index (κ2) is 7.14. The van der Waals surface area contributed by atoms with Crippen LogP contribution in [0.1, 0.15) is 18.1 Å². The van der Waals surface area contributed by atoms with Crippen molar-refractivity contribution in [1.82, 2.24) is 10.2 Å². The topological polar surface area (TPSA) is 35.6 Å². The average Bonchev–Trinajstić information content (AvgIpc) is 2.36. The predicted molar refractivity (Wildman–Crippen MR) is 80.5 cm³/mol. The smallest absolute Gasteiger partial charge is 0.241 e. The molecule has 0 bridgehead atoms. The van der Waals surface area contributed by atoms with Crippen molar-refractivity contribution in [2.45, 2.75) is 20.4 Å². The zero-order valence-electron chi connectivity index (χ0n) is 12.7. The molecule has 0 unspecified atom stereocenters. The first kappa shape index (κ1) is 15.5. The maximum atomic E-state index is 11.9. The fourth-order valence-electron chi connectivity index (χ4n) is 2.03. The van der Waals surface area contributed by atoms with Crippen LogP contribution < -0.4 is 10.2 Å². The Kier molecular flexibility index (Phi) is 5.83. The van der Waals surface area contributed by atoms with Gasteiger partial charge in [0.05, 0.1) is 6.54 Å². The highest BCUT2D eigenvalue weighted by atomic mass is 16.2. The second-order valence-electron chi connectivity index (χ2n) is 4.96. The Morgan fingerprint density at radius 3 is 2.53 bits per heavy atom. The van der Waals surface area contributed by atoms with E-state index in [2.05, 4.69) is 42.3 Å². The summed E-state index contributed by atoms with van der Waals surface area (Å²) in [6.45, 7) is 6.21. The molecule has 0 atom stereocenters. The van der Waals surface area contributed by atoms with E-state index >= 15 is 0 Å². The zero-order valence-corrected chi connectivity index (χ0v) is 12.7. The molecule has 0 spiro atoms. The summed E-state index contributed by atoms with van der Waals surface area (Å²) in [5.74, 6) is 0.123. The van der Waals surface area contributed by atoms with Crippen molar-refractivity contribution >= 4 is 11.6 Å². The molecule has 106 valence electrons. The first-order chi connectivity index (χ1) is 8.99. The van der Waals surface area contributed by atoms with Gasteiger partial charge in [-0.25, -0.2) is 0 Å². The number of nitrogens with zero attached hydrogens (tertiary/aromatic N) is 2. The number of hydrogen-bond donors (Lipinski definition) is 1. The number of hydrogen-bond acceptors (Lipinski definition) is 3. The molecular formula is C15H25N3O. The maximum Gasteiger partial charge on any atom is 0.241 e. The van der Waals surface area contributed by atoms with Crippen LogP contribution in [0.5, 0.6) is 0 Å². The third kappa shape index (κ3) is 4.24. The Hall–Kier alpha value is -1.55. The number of aryl methyl sites for hydroxylation is 1. The first-order valence-electron chi connectivity index (χ1n) is 6.68. The molecule has 0 aromatic heterocycles. The van der Waals surface area contributed by atoms with Gasteiger partial charge in [-0.1, -0.05) is 17.7 Å². The van der Waals surface area contributed by atoms with Crippen LogP contribution in [0.4, 0.5) is 5.69 Å². The summed E-state index contributed by atoms with van der Waals surface area (Å²) in [4.78, 5) is 15.6. The molecule has 0 fully saturated rings. The Balaban J connectivity index is 3.00. The zero-order chi connectivity index (χ0) is 14.4. The van der Waals surface area contributed by atoms with Crippen molar-refractivity contribution in [2.24, 2.45) is 0 Å². The van der Waals surface area contributed by atoms with Crippen LogP contribution in [0.2, 0.25) is 0 Å². The van der Waals surface area contributed by atoms with E-state index in [4.69, 9.17) is 0 Å². The van der Waals surface area contributed by atoms with Crippen LogP contribution in [0.3, 0.4) is 0 Å². The number of carbonyl (C=O) groups excluding carboxylic acids is 1. The number of rotatable bonds is 6. The molecule has 0 saturated carbocycles. The van der Waals surface area contributed by atoms with Crippen LogP contribution in [0.15, 0.2) is 18.2 Å². The van der Waals surface area contributed by atoms with Gasteiger partial charge in [0.1, 0.15) is 0 Å². The summed E-state index contributed by atoms with van der Waals surface area (Å²) in [6.07, 6.45) is 0. The molecule has 1 rings (SSSR count). The largest absolute Gasteiger partial charge is 0.362 e. The van der Waals surface area contributed by atoms with E-state index in [0.29, 0.717) is 6.54 Å². The van der Waals surface area contributed by atoms with Gasteiger partial charge < -0.3 is 15.1 Å². The minimum Gasteiger partial charge on any atom is -0.362 e. The van der Waals surface area contributed by atoms with E-state index in [0.717, 1.165) is 18.8 Å². The number of amides is 1. The minimum absolute atomic E-state index is 0.123. The van der Waals surface area contributed by atoms with Crippen LogP contribution in [0.25, 0.3) is 0 Å². The lowest BCUT2D eigenvalue weighted by Gasteiger charge is -2.26. The standard InChI is InChI=1S/C15H25N3O/c1-6-18(11-15(19)17(4)5)14-8-7-12(2)9-13(14)10-16-3/h7-9,16H,6,10-11H2,1-5H3. The van der Waals surface area contributed by atoms with Crippen molar-refractivity contribution in [3.05, 3.63) is 29.3 Å². The minimum atomic E-state index is 0.123. The van der Waals surface area contributed by atoms with E-state index in [9.17, 15) is 4.79 Å². The van der Waals surface area contributed by atoms with Gasteiger partial charge in [-0.3, -0.25) is 4.79 Å². The van der Waals surface area contributed by atoms with Gasteiger partial charge in [-0.05, 0) is 32.5 Å². The third-order valence-corrected chi connectivity index (χ3v) is 3.15. The fraction of sp³-hybridized carbons (Fsp3) is 0.533. The van der Waals surface area contributed by atoms with Crippen LogP contribution >= 0.6 is 0 Å². The van der Waals surface area contributed by atoms with Crippen LogP contribution in [-0.2, 0) is 11.3 Å². The van der Waals surface area contributed by atoms with Gasteiger partial charge in [-0.2, -0.15) is 0 Å². The highest BCUT2D eigenvalue weighted by Gasteiger charge is 2.14. The fourth-order valence-corrected chi connectivity index (χ4v) is 2.03. The molecule has 4 nitrogen and oxygen atoms in total. The molecular weight excluding hydrogens is 238 g/mol. The van der Waals surface area contributed by atoms with Gasteiger partial charge in [0.15, 0.2) is 0 Å². The molecule has 1 aromatic carbocycles. The molecule has 1 N–H and O–H groups in total. The van der Waals surface area contributed by atoms with E-state index < -0.39 is 0 Å². The van der Waals surface area contributed by atoms with Crippen LogP contribution in [0, 0.1) is 6.92 Å². The van der Waals surface area contributed by atoms with Crippen molar-refractivity contribution in [2.75, 3.05) is 39.1 Å². The van der Waals surface area contributed by atoms with Crippen molar-refractivity contribution in [1.29, 1.82) is 0 Å². The monoisotopic (exact) mass is 263 g/mol. The van der Waals surface area contributed by atoms with Crippen molar-refractivity contribution < 1.29 is 4.79 Å². The third-order valence-electron chi connectivity index (χ3n) is 3.15. The van der Waals surface area contributed by atoms with E-state index in [1.807, 2.05) is 7.05 Å². The molecule has 0 aliphatic heterocycles. The lowest BCUT2D eigenvalue weighted by Crippen LogP contribution is -2.37. The number of benzene rings is 1. The predicted octanol–water partition coefficient (Wildman–Crippen LogP) is 1.63. The number of carbonyl (C=O) groups is 1. The Morgan fingerprint density at radius 2 is 2.00 bits per heavy atom. The van der Waals surface area contributed by atoms with Gasteiger partial charge in [0.25, 0.3) is 0 Å². The van der Waals surface area contributed by atoms with E-state index in [-0.39, 0.29) is 5.91 Å². The highest BCUT2D eigenvalue weighted by molar-refractivity contribution is 5.81. The summed E-state index contributed by atoms with van der Waals surface area (Å²) in [5, 5.41) is 3.18. The number of anilines is 1. The molecule has 4 heteroatoms. The second-order valence-corrected chi connectivity index (χ2v) is 4.96. The molecule has 19 heavy (non-hydrogen) atoms. The highest BCUT2D eigenvalue weighted by Crippen LogP contribution is 2.22. The molecule has 0 saturated heterocycles. The summed E-state index contributed by atoms with van der Waals surface area (Å²) in [6, 6.07) is 6.38. The quantitative estimate of drug-likeness (QED) is 0.847. The molecule has 0 aliphatic carbocycles. The maximum absolute atomic E-state index is 11.9. The molecule has 1 amide bonds. The first-order valence-corrected chi connectivity index (χ1v) is 6.68. The van der Waals surface area contributed by atoms with Gasteiger partial charge in [0.2, 0.25) is 5.91 Å². The van der Waals surface area contributed by atoms with E-state index in [1.165, 1.54) is 11.1 Å². The summed E-state index contributed by atoms with van der Waals surface area (Å²) in [7, 11) is 5.52. The molecule has 0 aliphatic rings. The van der Waals surface area contributed by atoms with Gasteiger partial charge in [-0.15, -0.1) is 0 Å². The van der Waals surface area contributed by atoms with Crippen molar-refractivity contribution in [3.63, 3.8) is 0 Å². The lowest BCUT2D eigenvalue weighted by molar-refractivity contribution is -0.127. The Labute approximate surface area is 116 Å². The normalized spacial score (nSPS) is 10.4. The Bertz CT molecular complexity index is 429. The summed E-state index contributed by atoms with van der Waals surface area (Å²) in [5.41, 5.74) is 3.61. The molecule has 0 heterocycles. The van der Waals surface area contributed by atoms with Gasteiger partial charge in [0, 0.05) is 32.9 Å². The average molecular weight is 263 g/mol. The Morgan fingerprint density at radius 1 is 1.32 bits per heavy atom. The number of likely N-dealkylation sites (N-methyl/N-ethyl adjacent to an activating group) is 2. The van der Waals surface area contributed by atoms with Gasteiger partial charge >= 0.3 is 0 Å². The van der Waals surface area contributed by atoms with Crippen LogP contribution in [-0.4, -0.2) is 45.0 Å².